The number of hydrogen-bond donors (Lipinski definition) is 0. The standard InChI is InChI=1S/C16H15BrO3/c1-3-20-15-7-5-4-6-13(15)16(18)12-9-8-11(19-2)10-14(12)17/h4-10H,3H2,1-2H3. The first-order chi connectivity index (χ1) is 9.67. The van der Waals surface area contributed by atoms with Crippen LogP contribution < -0.4 is 9.47 Å². The van der Waals surface area contributed by atoms with Gasteiger partial charge in [-0.05, 0) is 53.2 Å². The van der Waals surface area contributed by atoms with Crippen LogP contribution in [0.4, 0.5) is 0 Å². The van der Waals surface area contributed by atoms with E-state index in [1.165, 1.54) is 0 Å². The van der Waals surface area contributed by atoms with Gasteiger partial charge in [0.05, 0.1) is 19.3 Å². The molecule has 20 heavy (non-hydrogen) atoms. The lowest BCUT2D eigenvalue weighted by atomic mass is 10.0. The zero-order chi connectivity index (χ0) is 14.5. The number of rotatable bonds is 5. The highest BCUT2D eigenvalue weighted by molar-refractivity contribution is 9.10. The van der Waals surface area contributed by atoms with E-state index in [1.807, 2.05) is 19.1 Å². The summed E-state index contributed by atoms with van der Waals surface area (Å²) in [6.45, 7) is 2.42. The molecule has 3 nitrogen and oxygen atoms in total. The highest BCUT2D eigenvalue weighted by Crippen LogP contribution is 2.28. The summed E-state index contributed by atoms with van der Waals surface area (Å²) in [5.41, 5.74) is 1.14. The second-order valence-corrected chi connectivity index (χ2v) is 4.96. The molecule has 0 unspecified atom stereocenters. The molecule has 0 spiro atoms. The normalized spacial score (nSPS) is 10.2. The molecule has 0 aliphatic rings. The number of methoxy groups -OCH3 is 1. The molecule has 0 heterocycles. The van der Waals surface area contributed by atoms with E-state index in [1.54, 1.807) is 37.4 Å². The fourth-order valence-corrected chi connectivity index (χ4v) is 2.43. The number of carbonyl (C=O) groups excluding carboxylic acids is 1. The third kappa shape index (κ3) is 3.02. The van der Waals surface area contributed by atoms with Crippen LogP contribution in [-0.2, 0) is 0 Å². The number of hydrogen-bond acceptors (Lipinski definition) is 3. The van der Waals surface area contributed by atoms with E-state index >= 15 is 0 Å². The predicted molar refractivity (Wildman–Crippen MR) is 81.7 cm³/mol. The highest BCUT2D eigenvalue weighted by atomic mass is 79.9. The van der Waals surface area contributed by atoms with Gasteiger partial charge in [0.25, 0.3) is 0 Å². The van der Waals surface area contributed by atoms with Crippen molar-refractivity contribution in [3.8, 4) is 11.5 Å². The largest absolute Gasteiger partial charge is 0.497 e. The molecule has 2 rings (SSSR count). The monoisotopic (exact) mass is 334 g/mol. The van der Waals surface area contributed by atoms with E-state index < -0.39 is 0 Å². The molecule has 0 fully saturated rings. The van der Waals surface area contributed by atoms with Crippen LogP contribution in [-0.4, -0.2) is 19.5 Å². The topological polar surface area (TPSA) is 35.5 Å². The second-order valence-electron chi connectivity index (χ2n) is 4.10. The summed E-state index contributed by atoms with van der Waals surface area (Å²) in [6, 6.07) is 12.5. The van der Waals surface area contributed by atoms with Crippen LogP contribution in [0.2, 0.25) is 0 Å². The van der Waals surface area contributed by atoms with Crippen LogP contribution >= 0.6 is 15.9 Å². The van der Waals surface area contributed by atoms with Crippen molar-refractivity contribution in [2.75, 3.05) is 13.7 Å². The first-order valence-electron chi connectivity index (χ1n) is 6.27. The first kappa shape index (κ1) is 14.6. The van der Waals surface area contributed by atoms with Crippen LogP contribution in [0.5, 0.6) is 11.5 Å². The highest BCUT2D eigenvalue weighted by Gasteiger charge is 2.17. The number of ketones is 1. The van der Waals surface area contributed by atoms with Crippen molar-refractivity contribution in [3.63, 3.8) is 0 Å². The van der Waals surface area contributed by atoms with Gasteiger partial charge in [-0.25, -0.2) is 0 Å². The Morgan fingerprint density at radius 3 is 2.55 bits per heavy atom. The van der Waals surface area contributed by atoms with Gasteiger partial charge < -0.3 is 9.47 Å². The van der Waals surface area contributed by atoms with E-state index in [0.717, 1.165) is 0 Å². The zero-order valence-corrected chi connectivity index (χ0v) is 12.9. The smallest absolute Gasteiger partial charge is 0.197 e. The molecule has 0 radical (unpaired) electrons. The Morgan fingerprint density at radius 1 is 1.15 bits per heavy atom. The van der Waals surface area contributed by atoms with Crippen molar-refractivity contribution in [2.24, 2.45) is 0 Å². The Morgan fingerprint density at radius 2 is 1.90 bits per heavy atom. The molecule has 0 aliphatic heterocycles. The lowest BCUT2D eigenvalue weighted by Gasteiger charge is -2.10. The van der Waals surface area contributed by atoms with Crippen LogP contribution in [0, 0.1) is 0 Å². The number of carbonyl (C=O) groups is 1. The summed E-state index contributed by atoms with van der Waals surface area (Å²) in [5.74, 6) is 1.22. The molecule has 0 aliphatic carbocycles. The van der Waals surface area contributed by atoms with Crippen LogP contribution in [0.3, 0.4) is 0 Å². The van der Waals surface area contributed by atoms with E-state index in [9.17, 15) is 4.79 Å². The van der Waals surface area contributed by atoms with Gasteiger partial charge >= 0.3 is 0 Å². The van der Waals surface area contributed by atoms with Crippen LogP contribution in [0.15, 0.2) is 46.9 Å². The Kier molecular flexibility index (Phi) is 4.79. The zero-order valence-electron chi connectivity index (χ0n) is 11.4. The maximum Gasteiger partial charge on any atom is 0.197 e. The maximum atomic E-state index is 12.6. The van der Waals surface area contributed by atoms with Gasteiger partial charge in [0, 0.05) is 10.0 Å². The Labute approximate surface area is 126 Å². The predicted octanol–water partition coefficient (Wildman–Crippen LogP) is 4.09. The molecule has 0 saturated heterocycles. The van der Waals surface area contributed by atoms with Gasteiger partial charge in [0.2, 0.25) is 0 Å². The second kappa shape index (κ2) is 6.57. The summed E-state index contributed by atoms with van der Waals surface area (Å²) in [5, 5.41) is 0. The summed E-state index contributed by atoms with van der Waals surface area (Å²) >= 11 is 3.41. The van der Waals surface area contributed by atoms with Gasteiger partial charge in [-0.15, -0.1) is 0 Å². The Bertz CT molecular complexity index is 623. The fraction of sp³-hybridized carbons (Fsp3) is 0.188. The summed E-state index contributed by atoms with van der Waals surface area (Å²) in [6.07, 6.45) is 0. The van der Waals surface area contributed by atoms with Crippen molar-refractivity contribution in [2.45, 2.75) is 6.92 Å². The van der Waals surface area contributed by atoms with Crippen molar-refractivity contribution >= 4 is 21.7 Å². The molecule has 4 heteroatoms. The van der Waals surface area contributed by atoms with Gasteiger partial charge in [0.1, 0.15) is 11.5 Å². The lowest BCUT2D eigenvalue weighted by Crippen LogP contribution is -2.06. The molecule has 2 aromatic rings. The number of halogens is 1. The third-order valence-corrected chi connectivity index (χ3v) is 3.51. The van der Waals surface area contributed by atoms with E-state index in [0.29, 0.717) is 33.7 Å². The average Bonchev–Trinajstić information content (AvgIpc) is 2.47. The van der Waals surface area contributed by atoms with E-state index in [4.69, 9.17) is 9.47 Å². The van der Waals surface area contributed by atoms with Gasteiger partial charge in [0.15, 0.2) is 5.78 Å². The third-order valence-electron chi connectivity index (χ3n) is 2.85. The van der Waals surface area contributed by atoms with Crippen molar-refractivity contribution in [3.05, 3.63) is 58.1 Å². The summed E-state index contributed by atoms with van der Waals surface area (Å²) in [4.78, 5) is 12.6. The molecule has 0 atom stereocenters. The Hall–Kier alpha value is -1.81. The molecule has 0 N–H and O–H groups in total. The van der Waals surface area contributed by atoms with E-state index in [-0.39, 0.29) is 5.78 Å². The van der Waals surface area contributed by atoms with Crippen molar-refractivity contribution in [1.29, 1.82) is 0 Å². The molecule has 0 bridgehead atoms. The minimum absolute atomic E-state index is 0.0800. The minimum Gasteiger partial charge on any atom is -0.497 e. The van der Waals surface area contributed by atoms with Gasteiger partial charge in [-0.3, -0.25) is 4.79 Å². The number of ether oxygens (including phenoxy) is 2. The molecule has 0 aromatic heterocycles. The molecule has 104 valence electrons. The maximum absolute atomic E-state index is 12.6. The van der Waals surface area contributed by atoms with Crippen LogP contribution in [0.1, 0.15) is 22.8 Å². The first-order valence-corrected chi connectivity index (χ1v) is 7.06. The quantitative estimate of drug-likeness (QED) is 0.772. The Balaban J connectivity index is 2.41. The van der Waals surface area contributed by atoms with E-state index in [2.05, 4.69) is 15.9 Å². The van der Waals surface area contributed by atoms with Crippen LogP contribution in [0.25, 0.3) is 0 Å². The summed E-state index contributed by atoms with van der Waals surface area (Å²) < 4.78 is 11.3. The molecular formula is C16H15BrO3. The molecular weight excluding hydrogens is 320 g/mol. The molecule has 0 amide bonds. The summed E-state index contributed by atoms with van der Waals surface area (Å²) in [7, 11) is 1.59. The molecule has 2 aromatic carbocycles. The lowest BCUT2D eigenvalue weighted by molar-refractivity contribution is 0.103. The van der Waals surface area contributed by atoms with Crippen molar-refractivity contribution < 1.29 is 14.3 Å². The van der Waals surface area contributed by atoms with Crippen molar-refractivity contribution in [1.82, 2.24) is 0 Å². The average molecular weight is 335 g/mol. The fourth-order valence-electron chi connectivity index (χ4n) is 1.89. The number of benzene rings is 2. The minimum atomic E-state index is -0.0800. The number of para-hydroxylation sites is 1. The molecule has 0 saturated carbocycles. The van der Waals surface area contributed by atoms with Gasteiger partial charge in [-0.1, -0.05) is 12.1 Å². The van der Waals surface area contributed by atoms with Gasteiger partial charge in [-0.2, -0.15) is 0 Å². The SMILES string of the molecule is CCOc1ccccc1C(=O)c1ccc(OC)cc1Br.